The maximum Gasteiger partial charge on any atom is 0.0940 e. The normalized spacial score (nSPS) is 14.5. The fourth-order valence-electron chi connectivity index (χ4n) is 1.62. The Hall–Kier alpha value is -1.12. The Morgan fingerprint density at radius 3 is 2.62 bits per heavy atom. The number of hydrogen-bond acceptors (Lipinski definition) is 2. The minimum Gasteiger partial charge on any atom is -0.387 e. The standard InChI is InChI=1S/C14H21NO/c1-5-8-15-12(4)14(16)13-7-6-10(2)11(3)9-13/h5-7,9,12,14-16H,1,8H2,2-4H3. The molecule has 0 bridgehead atoms. The second-order valence-corrected chi connectivity index (χ2v) is 4.27. The number of aryl methyl sites for hydroxylation is 2. The largest absolute Gasteiger partial charge is 0.387 e. The van der Waals surface area contributed by atoms with Crippen LogP contribution in [0.1, 0.15) is 29.7 Å². The van der Waals surface area contributed by atoms with Gasteiger partial charge in [0.05, 0.1) is 6.10 Å². The zero-order valence-electron chi connectivity index (χ0n) is 10.3. The van der Waals surface area contributed by atoms with Crippen molar-refractivity contribution in [2.45, 2.75) is 32.9 Å². The molecule has 2 N–H and O–H groups in total. The van der Waals surface area contributed by atoms with E-state index in [9.17, 15) is 5.11 Å². The quantitative estimate of drug-likeness (QED) is 0.746. The number of rotatable bonds is 5. The van der Waals surface area contributed by atoms with Crippen LogP contribution in [0.4, 0.5) is 0 Å². The van der Waals surface area contributed by atoms with E-state index in [1.54, 1.807) is 6.08 Å². The van der Waals surface area contributed by atoms with Gasteiger partial charge in [0.1, 0.15) is 0 Å². The summed E-state index contributed by atoms with van der Waals surface area (Å²) < 4.78 is 0. The van der Waals surface area contributed by atoms with Crippen molar-refractivity contribution in [2.75, 3.05) is 6.54 Å². The lowest BCUT2D eigenvalue weighted by molar-refractivity contribution is 0.138. The van der Waals surface area contributed by atoms with Gasteiger partial charge in [0.25, 0.3) is 0 Å². The monoisotopic (exact) mass is 219 g/mol. The molecule has 2 atom stereocenters. The summed E-state index contributed by atoms with van der Waals surface area (Å²) in [5.74, 6) is 0. The van der Waals surface area contributed by atoms with Gasteiger partial charge in [-0.1, -0.05) is 24.3 Å². The molecular formula is C14H21NO. The third-order valence-electron chi connectivity index (χ3n) is 2.93. The van der Waals surface area contributed by atoms with Crippen molar-refractivity contribution in [1.82, 2.24) is 5.32 Å². The van der Waals surface area contributed by atoms with Crippen LogP contribution in [0.25, 0.3) is 0 Å². The molecule has 0 radical (unpaired) electrons. The molecule has 0 fully saturated rings. The van der Waals surface area contributed by atoms with Gasteiger partial charge in [-0.3, -0.25) is 0 Å². The molecule has 0 aromatic heterocycles. The highest BCUT2D eigenvalue weighted by atomic mass is 16.3. The number of nitrogens with one attached hydrogen (secondary N) is 1. The molecule has 88 valence electrons. The molecule has 0 aliphatic heterocycles. The average Bonchev–Trinajstić information content (AvgIpc) is 2.28. The van der Waals surface area contributed by atoms with E-state index in [4.69, 9.17) is 0 Å². The molecule has 0 heterocycles. The molecule has 1 aromatic rings. The summed E-state index contributed by atoms with van der Waals surface area (Å²) >= 11 is 0. The smallest absolute Gasteiger partial charge is 0.0940 e. The van der Waals surface area contributed by atoms with Crippen molar-refractivity contribution < 1.29 is 5.11 Å². The van der Waals surface area contributed by atoms with Crippen molar-refractivity contribution in [3.63, 3.8) is 0 Å². The Morgan fingerprint density at radius 1 is 1.38 bits per heavy atom. The summed E-state index contributed by atoms with van der Waals surface area (Å²) in [7, 11) is 0. The molecule has 16 heavy (non-hydrogen) atoms. The van der Waals surface area contributed by atoms with Gasteiger partial charge < -0.3 is 10.4 Å². The van der Waals surface area contributed by atoms with Crippen molar-refractivity contribution >= 4 is 0 Å². The van der Waals surface area contributed by atoms with Crippen LogP contribution in [0.5, 0.6) is 0 Å². The minimum atomic E-state index is -0.473. The van der Waals surface area contributed by atoms with Crippen LogP contribution in [0.2, 0.25) is 0 Å². The Morgan fingerprint density at radius 2 is 2.06 bits per heavy atom. The first-order valence-corrected chi connectivity index (χ1v) is 5.65. The second-order valence-electron chi connectivity index (χ2n) is 4.27. The van der Waals surface area contributed by atoms with Crippen LogP contribution >= 0.6 is 0 Å². The lowest BCUT2D eigenvalue weighted by atomic mass is 9.99. The van der Waals surface area contributed by atoms with E-state index in [1.807, 2.05) is 25.1 Å². The van der Waals surface area contributed by atoms with Crippen molar-refractivity contribution in [1.29, 1.82) is 0 Å². The molecule has 2 heteroatoms. The number of hydrogen-bond donors (Lipinski definition) is 2. The number of benzene rings is 1. The van der Waals surface area contributed by atoms with Gasteiger partial charge in [-0.05, 0) is 37.5 Å². The van der Waals surface area contributed by atoms with E-state index in [-0.39, 0.29) is 6.04 Å². The fourth-order valence-corrected chi connectivity index (χ4v) is 1.62. The van der Waals surface area contributed by atoms with Crippen molar-refractivity contribution in [3.8, 4) is 0 Å². The van der Waals surface area contributed by atoms with Gasteiger partial charge in [-0.2, -0.15) is 0 Å². The zero-order valence-corrected chi connectivity index (χ0v) is 10.3. The highest BCUT2D eigenvalue weighted by Crippen LogP contribution is 2.19. The molecule has 0 saturated heterocycles. The van der Waals surface area contributed by atoms with E-state index < -0.39 is 6.10 Å². The molecule has 0 amide bonds. The first-order chi connectivity index (χ1) is 7.56. The van der Waals surface area contributed by atoms with E-state index in [0.717, 1.165) is 5.56 Å². The fraction of sp³-hybridized carbons (Fsp3) is 0.429. The number of aliphatic hydroxyl groups excluding tert-OH is 1. The second kappa shape index (κ2) is 5.83. The van der Waals surface area contributed by atoms with Crippen LogP contribution in [0.3, 0.4) is 0 Å². The Kier molecular flexibility index (Phi) is 4.71. The summed E-state index contributed by atoms with van der Waals surface area (Å²) in [5.41, 5.74) is 3.43. The maximum absolute atomic E-state index is 10.1. The van der Waals surface area contributed by atoms with Gasteiger partial charge >= 0.3 is 0 Å². The van der Waals surface area contributed by atoms with Gasteiger partial charge in [0.2, 0.25) is 0 Å². The summed E-state index contributed by atoms with van der Waals surface area (Å²) in [4.78, 5) is 0. The maximum atomic E-state index is 10.1. The zero-order chi connectivity index (χ0) is 12.1. The minimum absolute atomic E-state index is 0.0279. The van der Waals surface area contributed by atoms with E-state index in [0.29, 0.717) is 6.54 Å². The molecule has 0 spiro atoms. The summed E-state index contributed by atoms with van der Waals surface area (Å²) in [6, 6.07) is 6.11. The van der Waals surface area contributed by atoms with Gasteiger partial charge in [-0.25, -0.2) is 0 Å². The summed E-state index contributed by atoms with van der Waals surface area (Å²) in [6.45, 7) is 10.5. The summed E-state index contributed by atoms with van der Waals surface area (Å²) in [6.07, 6.45) is 1.32. The van der Waals surface area contributed by atoms with Crippen LogP contribution < -0.4 is 5.32 Å². The van der Waals surface area contributed by atoms with E-state index >= 15 is 0 Å². The molecule has 1 aromatic carbocycles. The SMILES string of the molecule is C=CCNC(C)C(O)c1ccc(C)c(C)c1. The van der Waals surface area contributed by atoms with Gasteiger partial charge in [0.15, 0.2) is 0 Å². The van der Waals surface area contributed by atoms with Crippen molar-refractivity contribution in [2.24, 2.45) is 0 Å². The molecule has 2 unspecified atom stereocenters. The Bertz CT molecular complexity index is 360. The third kappa shape index (κ3) is 3.19. The molecular weight excluding hydrogens is 198 g/mol. The summed E-state index contributed by atoms with van der Waals surface area (Å²) in [5, 5.41) is 13.3. The first-order valence-electron chi connectivity index (χ1n) is 5.65. The molecule has 0 aliphatic carbocycles. The highest BCUT2D eigenvalue weighted by Gasteiger charge is 2.15. The van der Waals surface area contributed by atoms with Crippen molar-refractivity contribution in [3.05, 3.63) is 47.5 Å². The van der Waals surface area contributed by atoms with Crippen LogP contribution in [-0.4, -0.2) is 17.7 Å². The van der Waals surface area contributed by atoms with Crippen LogP contribution in [0.15, 0.2) is 30.9 Å². The molecule has 0 saturated carbocycles. The Balaban J connectivity index is 2.75. The van der Waals surface area contributed by atoms with Crippen LogP contribution in [-0.2, 0) is 0 Å². The lowest BCUT2D eigenvalue weighted by Crippen LogP contribution is -2.32. The van der Waals surface area contributed by atoms with E-state index in [1.165, 1.54) is 11.1 Å². The first kappa shape index (κ1) is 12.9. The topological polar surface area (TPSA) is 32.3 Å². The lowest BCUT2D eigenvalue weighted by Gasteiger charge is -2.20. The number of aliphatic hydroxyl groups is 1. The Labute approximate surface area is 98.0 Å². The van der Waals surface area contributed by atoms with E-state index in [2.05, 4.69) is 25.7 Å². The highest BCUT2D eigenvalue weighted by molar-refractivity contribution is 5.31. The third-order valence-corrected chi connectivity index (χ3v) is 2.93. The predicted molar refractivity (Wildman–Crippen MR) is 68.5 cm³/mol. The van der Waals surface area contributed by atoms with Gasteiger partial charge in [0, 0.05) is 12.6 Å². The predicted octanol–water partition coefficient (Wildman–Crippen LogP) is 2.50. The van der Waals surface area contributed by atoms with Gasteiger partial charge in [-0.15, -0.1) is 6.58 Å². The molecule has 1 rings (SSSR count). The van der Waals surface area contributed by atoms with Crippen LogP contribution in [0, 0.1) is 13.8 Å². The molecule has 2 nitrogen and oxygen atoms in total. The average molecular weight is 219 g/mol. The molecule has 0 aliphatic rings.